The first-order chi connectivity index (χ1) is 7.67. The molecule has 1 aromatic rings. The van der Waals surface area contributed by atoms with Crippen molar-refractivity contribution in [2.24, 2.45) is 0 Å². The fraction of sp³-hybridized carbons (Fsp3) is 0.455. The second-order valence-corrected chi connectivity index (χ2v) is 10.1. The van der Waals surface area contributed by atoms with Crippen LogP contribution in [0.4, 0.5) is 0 Å². The molecule has 2 unspecified atom stereocenters. The topological polar surface area (TPSA) is 29.5 Å². The number of likely N-dealkylation sites (N-methyl/N-ethyl adjacent to an activating group) is 1. The molecule has 1 rings (SSSR count). The molecule has 0 amide bonds. The summed E-state index contributed by atoms with van der Waals surface area (Å²) < 4.78 is 6.25. The molecule has 0 radical (unpaired) electrons. The third-order valence-electron chi connectivity index (χ3n) is 2.15. The fourth-order valence-corrected chi connectivity index (χ4v) is 2.70. The first kappa shape index (κ1) is 15.2. The zero-order valence-corrected chi connectivity index (χ0v) is 12.9. The van der Waals surface area contributed by atoms with Gasteiger partial charge in [-0.25, -0.2) is 0 Å². The molecular formula is C11H19NO2PS2+. The second-order valence-electron chi connectivity index (χ2n) is 4.97. The van der Waals surface area contributed by atoms with Gasteiger partial charge in [-0.2, -0.15) is 0 Å². The van der Waals surface area contributed by atoms with Gasteiger partial charge in [-0.15, -0.1) is 0 Å². The maximum Gasteiger partial charge on any atom is 0.242 e. The van der Waals surface area contributed by atoms with Gasteiger partial charge in [0.05, 0.1) is 21.1 Å². The van der Waals surface area contributed by atoms with Gasteiger partial charge in [0.25, 0.3) is 0 Å². The summed E-state index contributed by atoms with van der Waals surface area (Å²) in [5.74, 6) is 0. The van der Waals surface area contributed by atoms with E-state index in [9.17, 15) is 4.89 Å². The molecule has 6 heteroatoms. The monoisotopic (exact) mass is 292 g/mol. The van der Waals surface area contributed by atoms with Crippen molar-refractivity contribution >= 4 is 29.7 Å². The SMILES string of the molecule is C[N+](C)(C)CC(OP(O)(=S)S)c1ccccc1. The Bertz CT molecular complexity index is 400. The van der Waals surface area contributed by atoms with Gasteiger partial charge >= 0.3 is 0 Å². The summed E-state index contributed by atoms with van der Waals surface area (Å²) in [4.78, 5) is 9.61. The van der Waals surface area contributed by atoms with Gasteiger partial charge in [0, 0.05) is 0 Å². The van der Waals surface area contributed by atoms with Gasteiger partial charge in [0.1, 0.15) is 12.6 Å². The standard InChI is InChI=1S/C11H18NO2PS2/c1-12(2,3)9-11(14-15(13,16)17)10-7-5-4-6-8-10/h4-8,11H,9H2,1-3H3,(H-,13,16,17)/p+1. The van der Waals surface area contributed by atoms with Crippen LogP contribution in [-0.4, -0.2) is 37.1 Å². The minimum absolute atomic E-state index is 0.232. The van der Waals surface area contributed by atoms with Crippen molar-refractivity contribution in [2.45, 2.75) is 6.10 Å². The summed E-state index contributed by atoms with van der Waals surface area (Å²) in [5.41, 5.74) is -1.94. The van der Waals surface area contributed by atoms with Gasteiger partial charge in [0.15, 0.2) is 0 Å². The summed E-state index contributed by atoms with van der Waals surface area (Å²) in [7, 11) is 6.20. The average molecular weight is 292 g/mol. The van der Waals surface area contributed by atoms with E-state index in [0.717, 1.165) is 16.6 Å². The van der Waals surface area contributed by atoms with Gasteiger partial charge in [-0.05, 0) is 17.4 Å². The molecule has 0 spiro atoms. The molecule has 0 saturated heterocycles. The lowest BCUT2D eigenvalue weighted by molar-refractivity contribution is -0.873. The number of nitrogens with zero attached hydrogens (tertiary/aromatic N) is 1. The summed E-state index contributed by atoms with van der Waals surface area (Å²) in [6.07, 6.45) is -0.232. The first-order valence-electron chi connectivity index (χ1n) is 5.27. The molecule has 1 N–H and O–H groups in total. The van der Waals surface area contributed by atoms with E-state index >= 15 is 0 Å². The molecular weight excluding hydrogens is 273 g/mol. The van der Waals surface area contributed by atoms with Crippen LogP contribution in [-0.2, 0) is 16.3 Å². The zero-order chi connectivity index (χ0) is 13.1. The molecule has 0 aromatic heterocycles. The molecule has 0 fully saturated rings. The molecule has 0 bridgehead atoms. The number of thiol groups is 1. The maximum atomic E-state index is 9.61. The smallest absolute Gasteiger partial charge is 0.242 e. The van der Waals surface area contributed by atoms with Crippen LogP contribution in [0.3, 0.4) is 0 Å². The van der Waals surface area contributed by atoms with Crippen LogP contribution in [0.1, 0.15) is 11.7 Å². The highest BCUT2D eigenvalue weighted by molar-refractivity contribution is 8.59. The van der Waals surface area contributed by atoms with Crippen molar-refractivity contribution in [1.29, 1.82) is 0 Å². The fourth-order valence-electron chi connectivity index (χ4n) is 1.53. The summed E-state index contributed by atoms with van der Waals surface area (Å²) >= 11 is 8.80. The molecule has 0 aliphatic carbocycles. The Morgan fingerprint density at radius 3 is 2.29 bits per heavy atom. The molecule has 3 nitrogen and oxygen atoms in total. The molecule has 0 aliphatic rings. The number of benzene rings is 1. The Morgan fingerprint density at radius 1 is 1.35 bits per heavy atom. The van der Waals surface area contributed by atoms with Crippen LogP contribution in [0.2, 0.25) is 0 Å². The van der Waals surface area contributed by atoms with E-state index in [1.165, 1.54) is 0 Å². The normalized spacial score (nSPS) is 17.5. The van der Waals surface area contributed by atoms with E-state index in [-0.39, 0.29) is 6.10 Å². The minimum atomic E-state index is -2.96. The van der Waals surface area contributed by atoms with E-state index in [1.54, 1.807) is 0 Å². The molecule has 0 aliphatic heterocycles. The van der Waals surface area contributed by atoms with E-state index in [1.807, 2.05) is 30.3 Å². The number of hydrogen-bond acceptors (Lipinski definition) is 2. The van der Waals surface area contributed by atoms with Crippen LogP contribution in [0.5, 0.6) is 0 Å². The van der Waals surface area contributed by atoms with Gasteiger partial charge in [0.2, 0.25) is 5.69 Å². The summed E-state index contributed by atoms with van der Waals surface area (Å²) in [6, 6.07) is 9.78. The quantitative estimate of drug-likeness (QED) is 0.497. The third kappa shape index (κ3) is 6.55. The Kier molecular flexibility index (Phi) is 5.20. The molecule has 1 aromatic carbocycles. The molecule has 2 atom stereocenters. The Balaban J connectivity index is 2.91. The molecule has 17 heavy (non-hydrogen) atoms. The highest BCUT2D eigenvalue weighted by Crippen LogP contribution is 2.51. The number of rotatable bonds is 5. The van der Waals surface area contributed by atoms with Crippen molar-refractivity contribution in [3.05, 3.63) is 35.9 Å². The highest BCUT2D eigenvalue weighted by Gasteiger charge is 2.24. The second kappa shape index (κ2) is 5.83. The van der Waals surface area contributed by atoms with Crippen molar-refractivity contribution in [1.82, 2.24) is 0 Å². The average Bonchev–Trinajstić information content (AvgIpc) is 2.14. The zero-order valence-electron chi connectivity index (χ0n) is 10.3. The highest BCUT2D eigenvalue weighted by atomic mass is 32.9. The van der Waals surface area contributed by atoms with Gasteiger partial charge in [-0.3, -0.25) is 0 Å². The van der Waals surface area contributed by atoms with Crippen LogP contribution in [0.25, 0.3) is 0 Å². The molecule has 0 saturated carbocycles. The Hall–Kier alpha value is 0.100. The van der Waals surface area contributed by atoms with Crippen molar-refractivity contribution in [3.63, 3.8) is 0 Å². The third-order valence-corrected chi connectivity index (χ3v) is 3.22. The lowest BCUT2D eigenvalue weighted by Gasteiger charge is -2.30. The van der Waals surface area contributed by atoms with E-state index < -0.39 is 5.69 Å². The van der Waals surface area contributed by atoms with Crippen molar-refractivity contribution in [3.8, 4) is 0 Å². The van der Waals surface area contributed by atoms with Gasteiger partial charge < -0.3 is 13.9 Å². The lowest BCUT2D eigenvalue weighted by atomic mass is 10.1. The largest absolute Gasteiger partial charge is 0.338 e. The number of quaternary nitrogens is 1. The molecule has 0 heterocycles. The predicted octanol–water partition coefficient (Wildman–Crippen LogP) is 2.60. The van der Waals surface area contributed by atoms with Crippen LogP contribution in [0.15, 0.2) is 30.3 Å². The minimum Gasteiger partial charge on any atom is -0.338 e. The van der Waals surface area contributed by atoms with Crippen LogP contribution >= 0.6 is 17.9 Å². The van der Waals surface area contributed by atoms with Crippen molar-refractivity contribution in [2.75, 3.05) is 27.7 Å². The van der Waals surface area contributed by atoms with Crippen LogP contribution < -0.4 is 0 Å². The number of hydrogen-bond donors (Lipinski definition) is 2. The van der Waals surface area contributed by atoms with Crippen molar-refractivity contribution < 1.29 is 13.9 Å². The molecule has 96 valence electrons. The predicted molar refractivity (Wildman–Crippen MR) is 78.7 cm³/mol. The van der Waals surface area contributed by atoms with E-state index in [0.29, 0.717) is 0 Å². The van der Waals surface area contributed by atoms with Gasteiger partial charge in [-0.1, -0.05) is 42.6 Å². The lowest BCUT2D eigenvalue weighted by Crippen LogP contribution is -2.38. The summed E-state index contributed by atoms with van der Waals surface area (Å²) in [5, 5.41) is 0. The van der Waals surface area contributed by atoms with E-state index in [2.05, 4.69) is 33.4 Å². The maximum absolute atomic E-state index is 9.61. The Labute approximate surface area is 113 Å². The Morgan fingerprint density at radius 2 is 1.88 bits per heavy atom. The van der Waals surface area contributed by atoms with E-state index in [4.69, 9.17) is 16.3 Å². The van der Waals surface area contributed by atoms with Crippen LogP contribution in [0, 0.1) is 0 Å². The first-order valence-corrected chi connectivity index (χ1v) is 9.09. The summed E-state index contributed by atoms with van der Waals surface area (Å²) in [6.45, 7) is 0.726.